The second-order valence-electron chi connectivity index (χ2n) is 8.00. The molecule has 0 saturated carbocycles. The molecule has 0 bridgehead atoms. The maximum atomic E-state index is 13.5. The molecular weight excluding hydrogens is 384 g/mol. The van der Waals surface area contributed by atoms with Gasteiger partial charge in [-0.05, 0) is 62.4 Å². The van der Waals surface area contributed by atoms with Gasteiger partial charge in [-0.25, -0.2) is 13.1 Å². The molecule has 0 aliphatic carbocycles. The monoisotopic (exact) mass is 416 g/mol. The van der Waals surface area contributed by atoms with Gasteiger partial charge in [0.1, 0.15) is 0 Å². The van der Waals surface area contributed by atoms with E-state index in [-0.39, 0.29) is 12.1 Å². The smallest absolute Gasteiger partial charge is 0.241 e. The molecule has 1 saturated heterocycles. The van der Waals surface area contributed by atoms with Crippen molar-refractivity contribution in [3.05, 3.63) is 64.2 Å². The van der Waals surface area contributed by atoms with Gasteiger partial charge >= 0.3 is 0 Å². The third kappa shape index (κ3) is 4.72. The van der Waals surface area contributed by atoms with E-state index < -0.39 is 10.0 Å². The van der Waals surface area contributed by atoms with E-state index in [1.165, 1.54) is 0 Å². The highest BCUT2D eigenvalue weighted by Crippen LogP contribution is 2.29. The Hall–Kier alpha value is -1.73. The van der Waals surface area contributed by atoms with Crippen LogP contribution in [0.2, 0.25) is 0 Å². The third-order valence-electron chi connectivity index (χ3n) is 5.96. The molecule has 1 aliphatic rings. The lowest BCUT2D eigenvalue weighted by molar-refractivity contribution is 0.0105. The molecular formula is C23H32N2O3S. The third-order valence-corrected chi connectivity index (χ3v) is 7.79. The van der Waals surface area contributed by atoms with E-state index in [4.69, 9.17) is 4.74 Å². The Bertz CT molecular complexity index is 926. The number of morpholine rings is 1. The molecule has 29 heavy (non-hydrogen) atoms. The van der Waals surface area contributed by atoms with Crippen LogP contribution in [-0.4, -0.2) is 45.7 Å². The maximum absolute atomic E-state index is 13.5. The van der Waals surface area contributed by atoms with Gasteiger partial charge in [0, 0.05) is 19.1 Å². The Morgan fingerprint density at radius 3 is 2.07 bits per heavy atom. The number of hydrogen-bond acceptors (Lipinski definition) is 4. The number of aryl methyl sites for hydroxylation is 2. The van der Waals surface area contributed by atoms with E-state index in [0.717, 1.165) is 40.9 Å². The summed E-state index contributed by atoms with van der Waals surface area (Å²) in [7, 11) is -3.67. The highest BCUT2D eigenvalue weighted by molar-refractivity contribution is 7.89. The average molecular weight is 417 g/mol. The van der Waals surface area contributed by atoms with E-state index in [1.807, 2.05) is 58.9 Å². The number of hydrogen-bond donors (Lipinski definition) is 1. The molecule has 1 aliphatic heterocycles. The van der Waals surface area contributed by atoms with Crippen LogP contribution in [0.1, 0.15) is 40.8 Å². The van der Waals surface area contributed by atoms with Gasteiger partial charge < -0.3 is 4.74 Å². The van der Waals surface area contributed by atoms with Crippen molar-refractivity contribution in [1.29, 1.82) is 0 Å². The maximum Gasteiger partial charge on any atom is 0.241 e. The van der Waals surface area contributed by atoms with E-state index >= 15 is 0 Å². The largest absolute Gasteiger partial charge is 0.379 e. The van der Waals surface area contributed by atoms with Gasteiger partial charge in [0.2, 0.25) is 10.0 Å². The van der Waals surface area contributed by atoms with Gasteiger partial charge in [0.15, 0.2) is 0 Å². The number of sulfonamides is 1. The Morgan fingerprint density at radius 1 is 0.966 bits per heavy atom. The lowest BCUT2D eigenvalue weighted by atomic mass is 9.99. The molecule has 1 fully saturated rings. The summed E-state index contributed by atoms with van der Waals surface area (Å²) in [6.45, 7) is 12.6. The van der Waals surface area contributed by atoms with E-state index in [9.17, 15) is 8.42 Å². The minimum Gasteiger partial charge on any atom is -0.379 e. The zero-order valence-electron chi connectivity index (χ0n) is 18.0. The fourth-order valence-corrected chi connectivity index (χ4v) is 6.14. The molecule has 158 valence electrons. The summed E-state index contributed by atoms with van der Waals surface area (Å²) in [6.07, 6.45) is 0. The van der Waals surface area contributed by atoms with Crippen LogP contribution in [0.25, 0.3) is 0 Å². The molecule has 2 aromatic carbocycles. The Morgan fingerprint density at radius 2 is 1.52 bits per heavy atom. The van der Waals surface area contributed by atoms with Crippen molar-refractivity contribution >= 4 is 10.0 Å². The molecule has 0 radical (unpaired) electrons. The summed E-state index contributed by atoms with van der Waals surface area (Å²) in [5.41, 5.74) is 4.73. The van der Waals surface area contributed by atoms with Crippen LogP contribution in [-0.2, 0) is 14.8 Å². The van der Waals surface area contributed by atoms with Crippen molar-refractivity contribution in [2.75, 3.05) is 26.3 Å². The van der Waals surface area contributed by atoms with E-state index in [0.29, 0.717) is 18.1 Å². The normalized spacial score (nSPS) is 17.8. The zero-order valence-corrected chi connectivity index (χ0v) is 18.8. The molecule has 6 heteroatoms. The van der Waals surface area contributed by atoms with Crippen molar-refractivity contribution < 1.29 is 13.2 Å². The molecule has 1 heterocycles. The fraction of sp³-hybridized carbons (Fsp3) is 0.478. The highest BCUT2D eigenvalue weighted by Gasteiger charge is 2.32. The molecule has 0 amide bonds. The molecule has 1 N–H and O–H groups in total. The average Bonchev–Trinajstić information content (AvgIpc) is 2.68. The van der Waals surface area contributed by atoms with Gasteiger partial charge in [-0.3, -0.25) is 4.90 Å². The van der Waals surface area contributed by atoms with Gasteiger partial charge in [-0.2, -0.15) is 0 Å². The van der Waals surface area contributed by atoms with Crippen LogP contribution < -0.4 is 4.72 Å². The Balaban J connectivity index is 1.96. The molecule has 0 unspecified atom stereocenters. The predicted molar refractivity (Wildman–Crippen MR) is 117 cm³/mol. The first-order valence-corrected chi connectivity index (χ1v) is 11.7. The molecule has 0 aromatic heterocycles. The summed E-state index contributed by atoms with van der Waals surface area (Å²) in [5, 5.41) is 0. The summed E-state index contributed by atoms with van der Waals surface area (Å²) >= 11 is 0. The van der Waals surface area contributed by atoms with Crippen LogP contribution in [0, 0.1) is 27.7 Å². The summed E-state index contributed by atoms with van der Waals surface area (Å²) in [6, 6.07) is 11.8. The molecule has 2 atom stereocenters. The molecule has 5 nitrogen and oxygen atoms in total. The second-order valence-corrected chi connectivity index (χ2v) is 9.65. The van der Waals surface area contributed by atoms with Crippen LogP contribution in [0.3, 0.4) is 0 Å². The number of benzene rings is 2. The predicted octanol–water partition coefficient (Wildman–Crippen LogP) is 3.66. The van der Waals surface area contributed by atoms with Crippen LogP contribution >= 0.6 is 0 Å². The van der Waals surface area contributed by atoms with E-state index in [2.05, 4.69) is 21.8 Å². The standard InChI is InChI=1S/C23H32N2O3S/c1-16-15-17(2)19(4)23(18(16)3)29(26,27)24-20(5)22(21-9-7-6-8-10-21)25-11-13-28-14-12-25/h6-10,15,20,22,24H,11-14H2,1-5H3/t20-,22+/m0/s1. The minimum atomic E-state index is -3.67. The van der Waals surface area contributed by atoms with Gasteiger partial charge in [0.25, 0.3) is 0 Å². The summed E-state index contributed by atoms with van der Waals surface area (Å²) in [5.74, 6) is 0. The molecule has 3 rings (SSSR count). The number of rotatable bonds is 6. The first-order chi connectivity index (χ1) is 13.7. The van der Waals surface area contributed by atoms with Crippen LogP contribution in [0.4, 0.5) is 0 Å². The van der Waals surface area contributed by atoms with Crippen molar-refractivity contribution in [2.45, 2.75) is 51.6 Å². The number of ether oxygens (including phenoxy) is 1. The Kier molecular flexibility index (Phi) is 6.79. The highest BCUT2D eigenvalue weighted by atomic mass is 32.2. The summed E-state index contributed by atoms with van der Waals surface area (Å²) in [4.78, 5) is 2.73. The van der Waals surface area contributed by atoms with E-state index in [1.54, 1.807) is 0 Å². The second kappa shape index (κ2) is 8.96. The zero-order chi connectivity index (χ0) is 21.2. The summed E-state index contributed by atoms with van der Waals surface area (Å²) < 4.78 is 35.4. The van der Waals surface area contributed by atoms with Gasteiger partial charge in [0.05, 0.1) is 24.2 Å². The van der Waals surface area contributed by atoms with Crippen molar-refractivity contribution in [2.24, 2.45) is 0 Å². The van der Waals surface area contributed by atoms with Gasteiger partial charge in [-0.1, -0.05) is 36.4 Å². The first kappa shape index (κ1) is 22.0. The topological polar surface area (TPSA) is 58.6 Å². The fourth-order valence-electron chi connectivity index (χ4n) is 4.27. The van der Waals surface area contributed by atoms with Crippen LogP contribution in [0.15, 0.2) is 41.3 Å². The minimum absolute atomic E-state index is 0.0543. The quantitative estimate of drug-likeness (QED) is 0.781. The number of nitrogens with zero attached hydrogens (tertiary/aromatic N) is 1. The Labute approximate surface area is 175 Å². The van der Waals surface area contributed by atoms with Crippen molar-refractivity contribution in [3.63, 3.8) is 0 Å². The SMILES string of the molecule is Cc1cc(C)c(C)c(S(=O)(=O)N[C@@H](C)[C@H](c2ccccc2)N2CCOCC2)c1C. The van der Waals surface area contributed by atoms with Gasteiger partial charge in [-0.15, -0.1) is 0 Å². The van der Waals surface area contributed by atoms with Crippen LogP contribution in [0.5, 0.6) is 0 Å². The number of nitrogens with one attached hydrogen (secondary N) is 1. The van der Waals surface area contributed by atoms with Crippen molar-refractivity contribution in [1.82, 2.24) is 9.62 Å². The molecule has 0 spiro atoms. The lowest BCUT2D eigenvalue weighted by Crippen LogP contribution is -2.48. The van der Waals surface area contributed by atoms with Crippen molar-refractivity contribution in [3.8, 4) is 0 Å². The molecule has 2 aromatic rings. The first-order valence-electron chi connectivity index (χ1n) is 10.2. The lowest BCUT2D eigenvalue weighted by Gasteiger charge is -2.38.